The van der Waals surface area contributed by atoms with Crippen molar-refractivity contribution >= 4 is 17.3 Å². The Morgan fingerprint density at radius 1 is 1.19 bits per heavy atom. The molecule has 21 heavy (non-hydrogen) atoms. The summed E-state index contributed by atoms with van der Waals surface area (Å²) in [5.41, 5.74) is 1.76. The molecule has 0 N–H and O–H groups in total. The number of methoxy groups -OCH3 is 1. The lowest BCUT2D eigenvalue weighted by Gasteiger charge is -2.10. The number of aryl methyl sites for hydroxylation is 1. The maximum Gasteiger partial charge on any atom is 0.314 e. The van der Waals surface area contributed by atoms with Crippen LogP contribution in [0.1, 0.15) is 11.1 Å². The van der Waals surface area contributed by atoms with Crippen molar-refractivity contribution in [1.29, 1.82) is 0 Å². The van der Waals surface area contributed by atoms with E-state index in [9.17, 15) is 10.1 Å². The molecule has 0 radical (unpaired) electrons. The van der Waals surface area contributed by atoms with E-state index in [0.29, 0.717) is 17.4 Å². The van der Waals surface area contributed by atoms with Gasteiger partial charge < -0.3 is 9.47 Å². The zero-order valence-electron chi connectivity index (χ0n) is 11.6. The lowest BCUT2D eigenvalue weighted by atomic mass is 10.1. The van der Waals surface area contributed by atoms with Crippen LogP contribution in [0.3, 0.4) is 0 Å². The SMILES string of the molecule is COc1ccc(Oc2ccc(CCl)cc2C)cc1[N+](=O)[O-]. The number of nitrogens with zero attached hydrogens (tertiary/aromatic N) is 1. The molecule has 0 atom stereocenters. The quantitative estimate of drug-likeness (QED) is 0.465. The second-order valence-electron chi connectivity index (χ2n) is 4.43. The van der Waals surface area contributed by atoms with Gasteiger partial charge in [-0.05, 0) is 36.2 Å². The molecule has 0 aliphatic carbocycles. The molecular formula is C15H14ClNO4. The fourth-order valence-corrected chi connectivity index (χ4v) is 2.08. The van der Waals surface area contributed by atoms with Gasteiger partial charge >= 0.3 is 5.69 Å². The maximum atomic E-state index is 11.0. The molecule has 6 heteroatoms. The second kappa shape index (κ2) is 6.45. The summed E-state index contributed by atoms with van der Waals surface area (Å²) in [4.78, 5) is 10.5. The number of benzene rings is 2. The molecule has 0 aliphatic rings. The van der Waals surface area contributed by atoms with Gasteiger partial charge in [-0.2, -0.15) is 0 Å². The third kappa shape index (κ3) is 3.44. The number of alkyl halides is 1. The molecule has 2 aromatic rings. The van der Waals surface area contributed by atoms with Crippen molar-refractivity contribution in [1.82, 2.24) is 0 Å². The molecule has 5 nitrogen and oxygen atoms in total. The van der Waals surface area contributed by atoms with Crippen LogP contribution in [0.2, 0.25) is 0 Å². The van der Waals surface area contributed by atoms with Crippen LogP contribution in [0.4, 0.5) is 5.69 Å². The fraction of sp³-hybridized carbons (Fsp3) is 0.200. The smallest absolute Gasteiger partial charge is 0.314 e. The number of nitro groups is 1. The molecule has 0 fully saturated rings. The van der Waals surface area contributed by atoms with E-state index in [2.05, 4.69) is 0 Å². The average molecular weight is 308 g/mol. The van der Waals surface area contributed by atoms with Crippen LogP contribution in [0.5, 0.6) is 17.2 Å². The second-order valence-corrected chi connectivity index (χ2v) is 4.69. The van der Waals surface area contributed by atoms with Crippen LogP contribution in [-0.4, -0.2) is 12.0 Å². The van der Waals surface area contributed by atoms with Gasteiger partial charge in [-0.1, -0.05) is 12.1 Å². The highest BCUT2D eigenvalue weighted by Gasteiger charge is 2.16. The summed E-state index contributed by atoms with van der Waals surface area (Å²) in [5.74, 6) is 1.63. The topological polar surface area (TPSA) is 61.6 Å². The molecule has 0 heterocycles. The zero-order valence-corrected chi connectivity index (χ0v) is 12.4. The molecule has 0 bridgehead atoms. The van der Waals surface area contributed by atoms with Crippen LogP contribution in [0.15, 0.2) is 36.4 Å². The minimum absolute atomic E-state index is 0.134. The van der Waals surface area contributed by atoms with Crippen molar-refractivity contribution in [2.75, 3.05) is 7.11 Å². The van der Waals surface area contributed by atoms with E-state index in [1.165, 1.54) is 19.2 Å². The predicted molar refractivity (Wildman–Crippen MR) is 80.5 cm³/mol. The van der Waals surface area contributed by atoms with Gasteiger partial charge in [0.05, 0.1) is 18.1 Å². The highest BCUT2D eigenvalue weighted by Crippen LogP contribution is 2.34. The first-order valence-electron chi connectivity index (χ1n) is 6.21. The Bertz CT molecular complexity index is 673. The summed E-state index contributed by atoms with van der Waals surface area (Å²) in [6.07, 6.45) is 0. The third-order valence-electron chi connectivity index (χ3n) is 2.97. The Kier molecular flexibility index (Phi) is 4.65. The number of halogens is 1. The molecule has 0 amide bonds. The molecule has 110 valence electrons. The first-order valence-corrected chi connectivity index (χ1v) is 6.74. The Morgan fingerprint density at radius 2 is 1.90 bits per heavy atom. The minimum atomic E-state index is -0.505. The summed E-state index contributed by atoms with van der Waals surface area (Å²) in [7, 11) is 1.39. The van der Waals surface area contributed by atoms with Gasteiger partial charge in [0, 0.05) is 5.88 Å². The summed E-state index contributed by atoms with van der Waals surface area (Å²) < 4.78 is 10.6. The van der Waals surface area contributed by atoms with E-state index in [0.717, 1.165) is 11.1 Å². The number of ether oxygens (including phenoxy) is 2. The number of hydrogen-bond donors (Lipinski definition) is 0. The molecule has 0 unspecified atom stereocenters. The van der Waals surface area contributed by atoms with E-state index in [1.54, 1.807) is 12.1 Å². The van der Waals surface area contributed by atoms with Crippen molar-refractivity contribution in [3.63, 3.8) is 0 Å². The van der Waals surface area contributed by atoms with Crippen molar-refractivity contribution in [2.45, 2.75) is 12.8 Å². The summed E-state index contributed by atoms with van der Waals surface area (Å²) in [6, 6.07) is 10.0. The van der Waals surface area contributed by atoms with Gasteiger partial charge in [0.25, 0.3) is 0 Å². The molecule has 0 saturated carbocycles. The van der Waals surface area contributed by atoms with Gasteiger partial charge in [-0.25, -0.2) is 0 Å². The van der Waals surface area contributed by atoms with Crippen LogP contribution in [0, 0.1) is 17.0 Å². The Hall–Kier alpha value is -2.27. The largest absolute Gasteiger partial charge is 0.490 e. The van der Waals surface area contributed by atoms with E-state index in [1.807, 2.05) is 19.1 Å². The zero-order chi connectivity index (χ0) is 15.4. The van der Waals surface area contributed by atoms with Gasteiger partial charge in [0.15, 0.2) is 5.75 Å². The highest BCUT2D eigenvalue weighted by molar-refractivity contribution is 6.17. The third-order valence-corrected chi connectivity index (χ3v) is 3.28. The monoisotopic (exact) mass is 307 g/mol. The first kappa shape index (κ1) is 15.1. The first-order chi connectivity index (χ1) is 10.0. The maximum absolute atomic E-state index is 11.0. The summed E-state index contributed by atoms with van der Waals surface area (Å²) >= 11 is 5.77. The molecule has 2 rings (SSSR count). The van der Waals surface area contributed by atoms with Crippen LogP contribution in [0.25, 0.3) is 0 Å². The molecule has 0 spiro atoms. The van der Waals surface area contributed by atoms with Crippen LogP contribution < -0.4 is 9.47 Å². The fourth-order valence-electron chi connectivity index (χ4n) is 1.91. The van der Waals surface area contributed by atoms with Gasteiger partial charge in [-0.3, -0.25) is 10.1 Å². The molecule has 0 aliphatic heterocycles. The molecular weight excluding hydrogens is 294 g/mol. The molecule has 0 saturated heterocycles. The normalized spacial score (nSPS) is 10.2. The number of nitro benzene ring substituents is 1. The number of hydrogen-bond acceptors (Lipinski definition) is 4. The number of rotatable bonds is 5. The van der Waals surface area contributed by atoms with Crippen LogP contribution in [-0.2, 0) is 5.88 Å². The lowest BCUT2D eigenvalue weighted by Crippen LogP contribution is -1.95. The Balaban J connectivity index is 2.31. The summed E-state index contributed by atoms with van der Waals surface area (Å²) in [6.45, 7) is 1.89. The Morgan fingerprint density at radius 3 is 2.48 bits per heavy atom. The van der Waals surface area contributed by atoms with Gasteiger partial charge in [0.1, 0.15) is 11.5 Å². The highest BCUT2D eigenvalue weighted by atomic mass is 35.5. The van der Waals surface area contributed by atoms with Crippen molar-refractivity contribution < 1.29 is 14.4 Å². The average Bonchev–Trinajstić information content (AvgIpc) is 2.49. The van der Waals surface area contributed by atoms with E-state index >= 15 is 0 Å². The van der Waals surface area contributed by atoms with Crippen molar-refractivity contribution in [3.05, 3.63) is 57.6 Å². The minimum Gasteiger partial charge on any atom is -0.490 e. The van der Waals surface area contributed by atoms with Crippen molar-refractivity contribution in [3.8, 4) is 17.2 Å². The van der Waals surface area contributed by atoms with Crippen molar-refractivity contribution in [2.24, 2.45) is 0 Å². The summed E-state index contributed by atoms with van der Waals surface area (Å²) in [5, 5.41) is 11.0. The lowest BCUT2D eigenvalue weighted by molar-refractivity contribution is -0.385. The van der Waals surface area contributed by atoms with E-state index < -0.39 is 4.92 Å². The molecule has 0 aromatic heterocycles. The van der Waals surface area contributed by atoms with Gasteiger partial charge in [0.2, 0.25) is 0 Å². The van der Waals surface area contributed by atoms with Crippen LogP contribution >= 0.6 is 11.6 Å². The Labute approximate surface area is 127 Å². The molecule has 2 aromatic carbocycles. The van der Waals surface area contributed by atoms with Gasteiger partial charge in [-0.15, -0.1) is 11.6 Å². The van der Waals surface area contributed by atoms with E-state index in [-0.39, 0.29) is 11.4 Å². The van der Waals surface area contributed by atoms with E-state index in [4.69, 9.17) is 21.1 Å². The predicted octanol–water partition coefficient (Wildman–Crippen LogP) is 4.44. The standard InChI is InChI=1S/C15H14ClNO4/c1-10-7-11(9-16)3-5-14(10)21-12-4-6-15(20-2)13(8-12)17(18)19/h3-8H,9H2,1-2H3.